The molecule has 0 aliphatic heterocycles. The van der Waals surface area contributed by atoms with Crippen molar-refractivity contribution < 1.29 is 4.74 Å². The number of terminal acetylenes is 2. The lowest BCUT2D eigenvalue weighted by Crippen LogP contribution is -2.07. The van der Waals surface area contributed by atoms with Crippen LogP contribution in [-0.4, -0.2) is 6.61 Å². The highest BCUT2D eigenvalue weighted by atomic mass is 16.5. The number of hydrogen-bond donors (Lipinski definition) is 0. The summed E-state index contributed by atoms with van der Waals surface area (Å²) in [5.41, 5.74) is 0.807. The van der Waals surface area contributed by atoms with Gasteiger partial charge in [-0.3, -0.25) is 0 Å². The average molecular weight is 269 g/mol. The van der Waals surface area contributed by atoms with Crippen molar-refractivity contribution in [1.29, 1.82) is 0 Å². The predicted octanol–water partition coefficient (Wildman–Crippen LogP) is 4.41. The van der Waals surface area contributed by atoms with E-state index in [2.05, 4.69) is 19.0 Å². The molecule has 0 saturated heterocycles. The Hall–Kier alpha value is -2.06. The molecule has 0 saturated carbocycles. The van der Waals surface area contributed by atoms with Crippen molar-refractivity contribution >= 4 is 5.69 Å². The minimum absolute atomic E-state index is 0.763. The van der Waals surface area contributed by atoms with Crippen LogP contribution in [0.2, 0.25) is 0 Å². The lowest BCUT2D eigenvalue weighted by Gasteiger charge is -2.10. The van der Waals surface area contributed by atoms with Crippen LogP contribution in [0.5, 0.6) is 5.75 Å². The van der Waals surface area contributed by atoms with E-state index in [1.54, 1.807) is 0 Å². The zero-order chi connectivity index (χ0) is 14.6. The molecule has 0 heterocycles. The minimum Gasteiger partial charge on any atom is -0.494 e. The molecular weight excluding hydrogens is 246 g/mol. The van der Waals surface area contributed by atoms with Gasteiger partial charge in [-0.2, -0.15) is 0 Å². The Bertz CT molecular complexity index is 436. The number of anilines is 1. The fraction of sp³-hybridized carbons (Fsp3) is 0.444. The molecule has 0 aliphatic carbocycles. The summed E-state index contributed by atoms with van der Waals surface area (Å²) in [6, 6.07) is 12.4. The van der Waals surface area contributed by atoms with Gasteiger partial charge in [-0.25, -0.2) is 4.90 Å². The zero-order valence-electron chi connectivity index (χ0n) is 12.3. The largest absolute Gasteiger partial charge is 0.494 e. The van der Waals surface area contributed by atoms with Gasteiger partial charge in [0.15, 0.2) is 0 Å². The monoisotopic (exact) mass is 269 g/mol. The van der Waals surface area contributed by atoms with Crippen LogP contribution in [0.3, 0.4) is 0 Å². The van der Waals surface area contributed by atoms with Gasteiger partial charge in [-0.1, -0.05) is 51.9 Å². The van der Waals surface area contributed by atoms with Crippen molar-refractivity contribution in [2.75, 3.05) is 11.5 Å². The van der Waals surface area contributed by atoms with Gasteiger partial charge < -0.3 is 4.74 Å². The van der Waals surface area contributed by atoms with Gasteiger partial charge in [0, 0.05) is 12.1 Å². The van der Waals surface area contributed by atoms with Gasteiger partial charge in [-0.05, 0) is 30.7 Å². The second-order valence-electron chi connectivity index (χ2n) is 4.70. The van der Waals surface area contributed by atoms with Crippen LogP contribution in [0.15, 0.2) is 24.3 Å². The first kappa shape index (κ1) is 16.0. The van der Waals surface area contributed by atoms with E-state index in [4.69, 9.17) is 17.6 Å². The molecule has 0 spiro atoms. The summed E-state index contributed by atoms with van der Waals surface area (Å²) in [6.45, 7) is 2.99. The van der Waals surface area contributed by atoms with Crippen LogP contribution in [0, 0.1) is 24.9 Å². The summed E-state index contributed by atoms with van der Waals surface area (Å²) in [5, 5.41) is 0. The molecule has 0 N–H and O–H groups in total. The summed E-state index contributed by atoms with van der Waals surface area (Å²) in [5.74, 6) is 0.858. The molecule has 0 fully saturated rings. The average Bonchev–Trinajstić information content (AvgIpc) is 2.49. The molecule has 0 radical (unpaired) electrons. The highest BCUT2D eigenvalue weighted by Crippen LogP contribution is 2.19. The van der Waals surface area contributed by atoms with E-state index in [0.29, 0.717) is 0 Å². The van der Waals surface area contributed by atoms with Crippen molar-refractivity contribution in [1.82, 2.24) is 0 Å². The summed E-state index contributed by atoms with van der Waals surface area (Å²) < 4.78 is 5.69. The predicted molar refractivity (Wildman–Crippen MR) is 85.5 cm³/mol. The van der Waals surface area contributed by atoms with Crippen LogP contribution < -0.4 is 9.64 Å². The van der Waals surface area contributed by atoms with Crippen LogP contribution >= 0.6 is 0 Å². The van der Waals surface area contributed by atoms with Gasteiger partial charge in [0.2, 0.25) is 0 Å². The lowest BCUT2D eigenvalue weighted by molar-refractivity contribution is 0.304. The molecule has 1 aromatic carbocycles. The van der Waals surface area contributed by atoms with Gasteiger partial charge in [-0.15, -0.1) is 0 Å². The van der Waals surface area contributed by atoms with E-state index >= 15 is 0 Å². The second-order valence-corrected chi connectivity index (χ2v) is 4.70. The molecule has 2 nitrogen and oxygen atoms in total. The molecule has 20 heavy (non-hydrogen) atoms. The van der Waals surface area contributed by atoms with E-state index in [1.165, 1.54) is 37.0 Å². The Morgan fingerprint density at radius 1 is 0.950 bits per heavy atom. The Morgan fingerprint density at radius 3 is 2.15 bits per heavy atom. The summed E-state index contributed by atoms with van der Waals surface area (Å²) in [7, 11) is 0. The topological polar surface area (TPSA) is 12.5 Å². The molecule has 1 aromatic rings. The minimum atomic E-state index is 0.763. The number of nitrogens with zero attached hydrogens (tertiary/aromatic N) is 1. The molecule has 0 aromatic heterocycles. The van der Waals surface area contributed by atoms with E-state index in [-0.39, 0.29) is 0 Å². The summed E-state index contributed by atoms with van der Waals surface area (Å²) in [4.78, 5) is 1.40. The molecule has 0 unspecified atom stereocenters. The van der Waals surface area contributed by atoms with Crippen LogP contribution in [0.1, 0.15) is 45.4 Å². The van der Waals surface area contributed by atoms with Gasteiger partial charge >= 0.3 is 0 Å². The fourth-order valence-electron chi connectivity index (χ4n) is 1.95. The van der Waals surface area contributed by atoms with Gasteiger partial charge in [0.1, 0.15) is 5.75 Å². The van der Waals surface area contributed by atoms with E-state index in [9.17, 15) is 0 Å². The first-order valence-corrected chi connectivity index (χ1v) is 7.27. The van der Waals surface area contributed by atoms with Gasteiger partial charge in [0.25, 0.3) is 0 Å². The smallest absolute Gasteiger partial charge is 0.119 e. The Labute approximate surface area is 123 Å². The van der Waals surface area contributed by atoms with Crippen molar-refractivity contribution in [3.63, 3.8) is 0 Å². The number of ether oxygens (including phenoxy) is 1. The first-order valence-electron chi connectivity index (χ1n) is 7.27. The molecule has 0 amide bonds. The van der Waals surface area contributed by atoms with Crippen LogP contribution in [0.4, 0.5) is 5.69 Å². The zero-order valence-corrected chi connectivity index (χ0v) is 12.3. The van der Waals surface area contributed by atoms with Crippen molar-refractivity contribution in [2.24, 2.45) is 0 Å². The first-order chi connectivity index (χ1) is 9.81. The third kappa shape index (κ3) is 5.72. The fourth-order valence-corrected chi connectivity index (χ4v) is 1.95. The maximum absolute atomic E-state index is 5.69. The lowest BCUT2D eigenvalue weighted by atomic mass is 10.1. The number of benzene rings is 1. The summed E-state index contributed by atoms with van der Waals surface area (Å²) >= 11 is 0. The molecule has 0 bridgehead atoms. The maximum Gasteiger partial charge on any atom is 0.119 e. The number of hydrogen-bond acceptors (Lipinski definition) is 2. The maximum atomic E-state index is 5.69. The highest BCUT2D eigenvalue weighted by molar-refractivity contribution is 5.57. The number of rotatable bonds is 9. The Kier molecular flexibility index (Phi) is 7.85. The van der Waals surface area contributed by atoms with E-state index in [0.717, 1.165) is 24.5 Å². The van der Waals surface area contributed by atoms with Crippen molar-refractivity contribution in [3.05, 3.63) is 24.3 Å². The Morgan fingerprint density at radius 2 is 1.55 bits per heavy atom. The Balaban J connectivity index is 2.25. The molecule has 1 rings (SSSR count). The highest BCUT2D eigenvalue weighted by Gasteiger charge is 2.00. The van der Waals surface area contributed by atoms with Crippen LogP contribution in [-0.2, 0) is 0 Å². The van der Waals surface area contributed by atoms with E-state index < -0.39 is 0 Å². The molecule has 0 atom stereocenters. The van der Waals surface area contributed by atoms with Crippen molar-refractivity contribution in [2.45, 2.75) is 45.4 Å². The van der Waals surface area contributed by atoms with Gasteiger partial charge in [0.05, 0.1) is 12.3 Å². The third-order valence-electron chi connectivity index (χ3n) is 3.12. The molecule has 2 heteroatoms. The quantitative estimate of drug-likeness (QED) is 0.374. The standard InChI is InChI=1S/C18H23NO/c1-4-7-8-9-10-11-16-20-18-14-12-17(13-15-18)19(5-2)6-3/h2-3,12-15H,4,7-11,16H2,1H3. The molecule has 0 aliphatic rings. The van der Waals surface area contributed by atoms with Crippen molar-refractivity contribution in [3.8, 4) is 30.7 Å². The number of unbranched alkanes of at least 4 members (excludes halogenated alkanes) is 5. The SMILES string of the molecule is C#CN(C#C)c1ccc(OCCCCCCCC)cc1. The third-order valence-corrected chi connectivity index (χ3v) is 3.12. The van der Waals surface area contributed by atoms with Crippen LogP contribution in [0.25, 0.3) is 0 Å². The summed E-state index contributed by atoms with van der Waals surface area (Å²) in [6.07, 6.45) is 18.2. The van der Waals surface area contributed by atoms with E-state index in [1.807, 2.05) is 24.3 Å². The second kappa shape index (κ2) is 9.82. The normalized spacial score (nSPS) is 9.55. The molecular formula is C18H23NO. The molecule has 106 valence electrons.